The Bertz CT molecular complexity index is 722. The van der Waals surface area contributed by atoms with E-state index in [-0.39, 0.29) is 9.79 Å². The van der Waals surface area contributed by atoms with E-state index in [0.717, 1.165) is 38.5 Å². The molecule has 1 saturated heterocycles. The average Bonchev–Trinajstić information content (AvgIpc) is 3.10. The lowest BCUT2D eigenvalue weighted by Gasteiger charge is -2.15. The molecule has 24 heavy (non-hydrogen) atoms. The molecule has 1 aromatic rings. The van der Waals surface area contributed by atoms with Crippen LogP contribution in [0, 0.1) is 0 Å². The van der Waals surface area contributed by atoms with Crippen LogP contribution in [0.1, 0.15) is 45.4 Å². The van der Waals surface area contributed by atoms with Crippen molar-refractivity contribution in [3.63, 3.8) is 0 Å². The summed E-state index contributed by atoms with van der Waals surface area (Å²) >= 11 is 0. The van der Waals surface area contributed by atoms with E-state index < -0.39 is 20.0 Å². The van der Waals surface area contributed by atoms with Crippen molar-refractivity contribution in [1.29, 1.82) is 0 Å². The fourth-order valence-corrected chi connectivity index (χ4v) is 5.30. The molecule has 8 heteroatoms. The number of benzene rings is 1. The Labute approximate surface area is 145 Å². The maximum Gasteiger partial charge on any atom is 0.243 e. The molecule has 0 spiro atoms. The Hall–Kier alpha value is -0.960. The largest absolute Gasteiger partial charge is 0.243 e. The molecule has 0 saturated carbocycles. The van der Waals surface area contributed by atoms with Crippen molar-refractivity contribution in [1.82, 2.24) is 9.03 Å². The third kappa shape index (κ3) is 4.78. The van der Waals surface area contributed by atoms with E-state index >= 15 is 0 Å². The zero-order valence-corrected chi connectivity index (χ0v) is 15.7. The summed E-state index contributed by atoms with van der Waals surface area (Å²) in [5.41, 5.74) is 0. The first-order chi connectivity index (χ1) is 11.4. The van der Waals surface area contributed by atoms with Gasteiger partial charge in [0.2, 0.25) is 20.0 Å². The van der Waals surface area contributed by atoms with Gasteiger partial charge in [-0.1, -0.05) is 26.2 Å². The van der Waals surface area contributed by atoms with Crippen LogP contribution in [0.15, 0.2) is 34.1 Å². The van der Waals surface area contributed by atoms with Gasteiger partial charge in [0, 0.05) is 19.6 Å². The van der Waals surface area contributed by atoms with Gasteiger partial charge in [0.25, 0.3) is 0 Å². The zero-order chi connectivity index (χ0) is 17.6. The van der Waals surface area contributed by atoms with Gasteiger partial charge in [-0.3, -0.25) is 0 Å². The molecule has 6 nitrogen and oxygen atoms in total. The van der Waals surface area contributed by atoms with Gasteiger partial charge in [0.1, 0.15) is 0 Å². The van der Waals surface area contributed by atoms with E-state index in [1.165, 1.54) is 28.6 Å². The topological polar surface area (TPSA) is 83.5 Å². The maximum absolute atomic E-state index is 12.4. The Morgan fingerprint density at radius 2 is 1.50 bits per heavy atom. The first kappa shape index (κ1) is 19.4. The molecule has 1 aliphatic heterocycles. The summed E-state index contributed by atoms with van der Waals surface area (Å²) in [5.74, 6) is 0. The number of nitrogens with one attached hydrogen (secondary N) is 1. The van der Waals surface area contributed by atoms with Gasteiger partial charge in [0.05, 0.1) is 9.79 Å². The molecule has 0 bridgehead atoms. The lowest BCUT2D eigenvalue weighted by atomic mass is 10.2. The molecule has 0 atom stereocenters. The van der Waals surface area contributed by atoms with Gasteiger partial charge in [-0.25, -0.2) is 21.6 Å². The monoisotopic (exact) mass is 374 g/mol. The molecule has 1 aromatic carbocycles. The second kappa shape index (κ2) is 8.42. The molecule has 0 aromatic heterocycles. The highest BCUT2D eigenvalue weighted by Crippen LogP contribution is 2.22. The summed E-state index contributed by atoms with van der Waals surface area (Å²) in [6.07, 6.45) is 5.71. The minimum absolute atomic E-state index is 0.0957. The number of rotatable bonds is 9. The molecule has 1 aliphatic rings. The number of hydrogen-bond acceptors (Lipinski definition) is 4. The summed E-state index contributed by atoms with van der Waals surface area (Å²) in [6, 6.07) is 5.47. The average molecular weight is 375 g/mol. The highest BCUT2D eigenvalue weighted by molar-refractivity contribution is 7.89. The molecular weight excluding hydrogens is 348 g/mol. The molecule has 0 amide bonds. The molecule has 1 heterocycles. The summed E-state index contributed by atoms with van der Waals surface area (Å²) in [5, 5.41) is 0. The zero-order valence-electron chi connectivity index (χ0n) is 14.1. The second-order valence-electron chi connectivity index (χ2n) is 6.04. The predicted molar refractivity (Wildman–Crippen MR) is 93.8 cm³/mol. The normalized spacial score (nSPS) is 16.5. The number of nitrogens with zero attached hydrogens (tertiary/aromatic N) is 1. The quantitative estimate of drug-likeness (QED) is 0.673. The third-order valence-electron chi connectivity index (χ3n) is 4.16. The smallest absolute Gasteiger partial charge is 0.211 e. The Balaban J connectivity index is 2.02. The molecule has 1 fully saturated rings. The van der Waals surface area contributed by atoms with Crippen LogP contribution in [-0.2, 0) is 20.0 Å². The molecule has 0 unspecified atom stereocenters. The van der Waals surface area contributed by atoms with E-state index in [1.807, 2.05) is 0 Å². The number of hydrogen-bond donors (Lipinski definition) is 1. The summed E-state index contributed by atoms with van der Waals surface area (Å²) in [7, 11) is -7.10. The van der Waals surface area contributed by atoms with Crippen molar-refractivity contribution in [2.45, 2.75) is 55.2 Å². The van der Waals surface area contributed by atoms with Crippen LogP contribution in [0.5, 0.6) is 0 Å². The minimum atomic E-state index is -3.59. The maximum atomic E-state index is 12.4. The van der Waals surface area contributed by atoms with Crippen molar-refractivity contribution in [2.24, 2.45) is 0 Å². The van der Waals surface area contributed by atoms with Crippen LogP contribution in [0.2, 0.25) is 0 Å². The van der Waals surface area contributed by atoms with Crippen molar-refractivity contribution in [2.75, 3.05) is 19.6 Å². The van der Waals surface area contributed by atoms with Gasteiger partial charge >= 0.3 is 0 Å². The van der Waals surface area contributed by atoms with E-state index in [2.05, 4.69) is 11.6 Å². The van der Waals surface area contributed by atoms with Crippen molar-refractivity contribution >= 4 is 20.0 Å². The van der Waals surface area contributed by atoms with Crippen LogP contribution in [0.4, 0.5) is 0 Å². The van der Waals surface area contributed by atoms with Gasteiger partial charge in [0.15, 0.2) is 0 Å². The van der Waals surface area contributed by atoms with Crippen LogP contribution >= 0.6 is 0 Å². The Kier molecular flexibility index (Phi) is 6.79. The second-order valence-corrected chi connectivity index (χ2v) is 9.75. The van der Waals surface area contributed by atoms with Gasteiger partial charge in [-0.05, 0) is 43.5 Å². The Morgan fingerprint density at radius 1 is 0.917 bits per heavy atom. The summed E-state index contributed by atoms with van der Waals surface area (Å²) in [6.45, 7) is 3.56. The van der Waals surface area contributed by atoms with E-state index in [9.17, 15) is 16.8 Å². The van der Waals surface area contributed by atoms with Crippen LogP contribution in [0.3, 0.4) is 0 Å². The van der Waals surface area contributed by atoms with Crippen molar-refractivity contribution in [3.8, 4) is 0 Å². The van der Waals surface area contributed by atoms with E-state index in [1.54, 1.807) is 0 Å². The fraction of sp³-hybridized carbons (Fsp3) is 0.625. The number of sulfonamides is 2. The lowest BCUT2D eigenvalue weighted by Crippen LogP contribution is -2.28. The fourth-order valence-electron chi connectivity index (χ4n) is 2.71. The third-order valence-corrected chi connectivity index (χ3v) is 7.55. The number of unbranched alkanes of at least 4 members (excludes halogenated alkanes) is 3. The first-order valence-electron chi connectivity index (χ1n) is 8.48. The van der Waals surface area contributed by atoms with Gasteiger partial charge in [-0.2, -0.15) is 4.31 Å². The van der Waals surface area contributed by atoms with E-state index in [4.69, 9.17) is 0 Å². The van der Waals surface area contributed by atoms with Crippen LogP contribution < -0.4 is 4.72 Å². The molecule has 0 radical (unpaired) electrons. The minimum Gasteiger partial charge on any atom is -0.211 e. The van der Waals surface area contributed by atoms with Gasteiger partial charge in [-0.15, -0.1) is 0 Å². The SMILES string of the molecule is CCCCCCNS(=O)(=O)c1ccc(S(=O)(=O)N2CCCC2)cc1. The highest BCUT2D eigenvalue weighted by Gasteiger charge is 2.27. The molecule has 0 aliphatic carbocycles. The summed E-state index contributed by atoms with van der Waals surface area (Å²) in [4.78, 5) is 0.240. The molecule has 2 rings (SSSR count). The molecule has 1 N–H and O–H groups in total. The first-order valence-corrected chi connectivity index (χ1v) is 11.4. The van der Waals surface area contributed by atoms with E-state index in [0.29, 0.717) is 19.6 Å². The Morgan fingerprint density at radius 3 is 2.08 bits per heavy atom. The predicted octanol–water partition coefficient (Wildman–Crippen LogP) is 2.33. The van der Waals surface area contributed by atoms with Crippen molar-refractivity contribution < 1.29 is 16.8 Å². The standard InChI is InChI=1S/C16H26N2O4S2/c1-2-3-4-5-12-17-23(19,20)15-8-10-16(11-9-15)24(21,22)18-13-6-7-14-18/h8-11,17H,2-7,12-14H2,1H3. The molecule has 136 valence electrons. The molecular formula is C16H26N2O4S2. The van der Waals surface area contributed by atoms with Crippen LogP contribution in [-0.4, -0.2) is 40.8 Å². The summed E-state index contributed by atoms with van der Waals surface area (Å²) < 4.78 is 53.3. The van der Waals surface area contributed by atoms with Gasteiger partial charge < -0.3 is 0 Å². The van der Waals surface area contributed by atoms with Crippen molar-refractivity contribution in [3.05, 3.63) is 24.3 Å². The highest BCUT2D eigenvalue weighted by atomic mass is 32.2. The lowest BCUT2D eigenvalue weighted by molar-refractivity contribution is 0.477. The van der Waals surface area contributed by atoms with Crippen LogP contribution in [0.25, 0.3) is 0 Å².